The Balaban J connectivity index is 2.42. The van der Waals surface area contributed by atoms with E-state index in [-0.39, 0.29) is 21.6 Å². The average Bonchev–Trinajstić information content (AvgIpc) is 2.81. The largest absolute Gasteiger partial charge is 0.277 e. The first kappa shape index (κ1) is 14.0. The van der Waals surface area contributed by atoms with Gasteiger partial charge in [-0.05, 0) is 11.6 Å². The van der Waals surface area contributed by atoms with Crippen LogP contribution in [0.25, 0.3) is 16.9 Å². The van der Waals surface area contributed by atoms with Gasteiger partial charge in [0.15, 0.2) is 10.8 Å². The second-order valence-corrected chi connectivity index (χ2v) is 4.44. The summed E-state index contributed by atoms with van der Waals surface area (Å²) in [5.41, 5.74) is -1.34. The molecule has 108 valence electrons. The van der Waals surface area contributed by atoms with Crippen molar-refractivity contribution in [2.75, 3.05) is 0 Å². The quantitative estimate of drug-likeness (QED) is 0.296. The van der Waals surface area contributed by atoms with E-state index in [1.807, 2.05) is 0 Å². The van der Waals surface area contributed by atoms with E-state index in [9.17, 15) is 17.6 Å². The van der Waals surface area contributed by atoms with E-state index >= 15 is 0 Å². The van der Waals surface area contributed by atoms with Crippen molar-refractivity contribution in [3.63, 3.8) is 0 Å². The van der Waals surface area contributed by atoms with Gasteiger partial charge >= 0.3 is 0 Å². The van der Waals surface area contributed by atoms with Crippen molar-refractivity contribution in [3.8, 4) is 5.69 Å². The Labute approximate surface area is 123 Å². The molecule has 0 saturated heterocycles. The van der Waals surface area contributed by atoms with Crippen LogP contribution in [0, 0.1) is 23.5 Å². The zero-order valence-corrected chi connectivity index (χ0v) is 11.1. The number of hydrogen-bond donors (Lipinski definition) is 0. The van der Waals surface area contributed by atoms with E-state index in [1.165, 1.54) is 0 Å². The molecule has 0 bridgehead atoms. The number of fused-ring (bicyclic) bond motifs is 1. The third-order valence-electron chi connectivity index (χ3n) is 2.54. The van der Waals surface area contributed by atoms with Gasteiger partial charge in [-0.2, -0.15) is 27.5 Å². The first-order valence-corrected chi connectivity index (χ1v) is 5.92. The van der Waals surface area contributed by atoms with E-state index in [1.54, 1.807) is 0 Å². The summed E-state index contributed by atoms with van der Waals surface area (Å²) in [4.78, 5) is 13.5. The average molecular weight is 338 g/mol. The fraction of sp³-hybridized carbons (Fsp3) is 0. The molecule has 0 radical (unpaired) electrons. The molecule has 0 atom stereocenters. The summed E-state index contributed by atoms with van der Waals surface area (Å²) >= 11 is 11.3. The third kappa shape index (κ3) is 2.09. The zero-order valence-electron chi connectivity index (χ0n) is 9.58. The van der Waals surface area contributed by atoms with E-state index in [0.29, 0.717) is 4.57 Å². The van der Waals surface area contributed by atoms with Gasteiger partial charge < -0.3 is 0 Å². The van der Waals surface area contributed by atoms with Crippen molar-refractivity contribution in [3.05, 3.63) is 40.3 Å². The number of pyridine rings is 1. The number of hydrogen-bond acceptors (Lipinski definition) is 4. The van der Waals surface area contributed by atoms with Crippen LogP contribution < -0.4 is 0 Å². The molecular weight excluding hydrogens is 337 g/mol. The van der Waals surface area contributed by atoms with Gasteiger partial charge in [0.05, 0.1) is 0 Å². The van der Waals surface area contributed by atoms with E-state index in [2.05, 4.69) is 19.9 Å². The van der Waals surface area contributed by atoms with Gasteiger partial charge in [0, 0.05) is 0 Å². The lowest BCUT2D eigenvalue weighted by Crippen LogP contribution is -2.09. The normalized spacial score (nSPS) is 11.3. The summed E-state index contributed by atoms with van der Waals surface area (Å²) in [6.45, 7) is 0. The Kier molecular flexibility index (Phi) is 3.18. The molecule has 0 unspecified atom stereocenters. The van der Waals surface area contributed by atoms with Crippen molar-refractivity contribution >= 4 is 34.4 Å². The molecule has 3 aromatic rings. The first-order valence-electron chi connectivity index (χ1n) is 5.16. The van der Waals surface area contributed by atoms with Crippen LogP contribution in [0.2, 0.25) is 10.4 Å². The lowest BCUT2D eigenvalue weighted by molar-refractivity contribution is 0.403. The summed E-state index contributed by atoms with van der Waals surface area (Å²) < 4.78 is 54.4. The van der Waals surface area contributed by atoms with Crippen LogP contribution in [-0.4, -0.2) is 24.5 Å². The molecule has 11 heteroatoms. The fourth-order valence-corrected chi connectivity index (χ4v) is 2.11. The van der Waals surface area contributed by atoms with Crippen molar-refractivity contribution in [2.24, 2.45) is 0 Å². The molecule has 0 N–H and O–H groups in total. The Hall–Kier alpha value is -2.00. The molecule has 3 heterocycles. The van der Waals surface area contributed by atoms with Crippen LogP contribution in [0.5, 0.6) is 0 Å². The zero-order chi connectivity index (χ0) is 15.3. The van der Waals surface area contributed by atoms with Crippen molar-refractivity contribution in [2.45, 2.75) is 0 Å². The third-order valence-corrected chi connectivity index (χ3v) is 2.97. The minimum atomic E-state index is -1.81. The number of imidazole rings is 1. The Morgan fingerprint density at radius 3 is 2.14 bits per heavy atom. The minimum Gasteiger partial charge on any atom is -0.277 e. The molecule has 0 aromatic carbocycles. The van der Waals surface area contributed by atoms with Gasteiger partial charge in [0.25, 0.3) is 11.9 Å². The van der Waals surface area contributed by atoms with Crippen molar-refractivity contribution in [1.82, 2.24) is 24.5 Å². The molecule has 5 nitrogen and oxygen atoms in total. The number of nitrogens with zero attached hydrogens (tertiary/aromatic N) is 5. The highest BCUT2D eigenvalue weighted by molar-refractivity contribution is 6.35. The van der Waals surface area contributed by atoms with E-state index in [0.717, 1.165) is 6.33 Å². The van der Waals surface area contributed by atoms with E-state index in [4.69, 9.17) is 23.2 Å². The molecule has 0 saturated carbocycles. The topological polar surface area (TPSA) is 56.5 Å². The molecule has 3 aromatic heterocycles. The smallest absolute Gasteiger partial charge is 0.253 e. The van der Waals surface area contributed by atoms with Crippen LogP contribution in [0.4, 0.5) is 17.6 Å². The highest BCUT2D eigenvalue weighted by atomic mass is 35.5. The maximum absolute atomic E-state index is 13.7. The molecule has 0 spiro atoms. The highest BCUT2D eigenvalue weighted by Crippen LogP contribution is 2.27. The number of aromatic nitrogens is 5. The highest BCUT2D eigenvalue weighted by Gasteiger charge is 2.24. The summed E-state index contributed by atoms with van der Waals surface area (Å²) in [5, 5.41) is -0.510. The Bertz CT molecular complexity index is 855. The summed E-state index contributed by atoms with van der Waals surface area (Å²) in [5.74, 6) is -7.04. The molecule has 21 heavy (non-hydrogen) atoms. The van der Waals surface area contributed by atoms with Crippen LogP contribution >= 0.6 is 23.2 Å². The predicted octanol–water partition coefficient (Wildman–Crippen LogP) is 3.07. The Morgan fingerprint density at radius 2 is 1.52 bits per heavy atom. The van der Waals surface area contributed by atoms with Gasteiger partial charge in [-0.25, -0.2) is 9.97 Å². The summed E-state index contributed by atoms with van der Waals surface area (Å²) in [6, 6.07) is 0. The molecular formula is C10HCl2F4N5. The van der Waals surface area contributed by atoms with Gasteiger partial charge in [-0.1, -0.05) is 11.6 Å². The monoisotopic (exact) mass is 337 g/mol. The molecule has 0 amide bonds. The van der Waals surface area contributed by atoms with Gasteiger partial charge in [0.2, 0.25) is 16.9 Å². The van der Waals surface area contributed by atoms with E-state index < -0.39 is 29.2 Å². The lowest BCUT2D eigenvalue weighted by atomic mass is 10.3. The predicted molar refractivity (Wildman–Crippen MR) is 64.3 cm³/mol. The first-order chi connectivity index (χ1) is 9.90. The number of rotatable bonds is 1. The standard InChI is InChI=1S/C10HCl2F4N5/c11-6-4-9(20-10(12)18-6)21(1-17-4)5-2(13)7(15)19-8(16)3(5)14/h1H. The second-order valence-electron chi connectivity index (χ2n) is 3.74. The molecule has 0 aliphatic carbocycles. The lowest BCUT2D eigenvalue weighted by Gasteiger charge is -2.07. The van der Waals surface area contributed by atoms with Gasteiger partial charge in [0.1, 0.15) is 17.5 Å². The maximum atomic E-state index is 13.7. The van der Waals surface area contributed by atoms with Gasteiger partial charge in [-0.3, -0.25) is 4.57 Å². The molecule has 0 fully saturated rings. The molecule has 3 rings (SSSR count). The van der Waals surface area contributed by atoms with Crippen LogP contribution in [0.3, 0.4) is 0 Å². The molecule has 0 aliphatic heterocycles. The minimum absolute atomic E-state index is 0.0440. The SMILES string of the molecule is Fc1nc(F)c(F)c(-n2cnc3c(Cl)nc(Cl)nc32)c1F. The summed E-state index contributed by atoms with van der Waals surface area (Å²) in [6.07, 6.45) is 0.877. The van der Waals surface area contributed by atoms with Crippen LogP contribution in [0.1, 0.15) is 0 Å². The van der Waals surface area contributed by atoms with Crippen molar-refractivity contribution in [1.29, 1.82) is 0 Å². The maximum Gasteiger partial charge on any atom is 0.253 e. The van der Waals surface area contributed by atoms with Crippen molar-refractivity contribution < 1.29 is 17.6 Å². The second kappa shape index (κ2) is 4.78. The molecule has 0 aliphatic rings. The number of halogens is 6. The van der Waals surface area contributed by atoms with Crippen LogP contribution in [0.15, 0.2) is 6.33 Å². The fourth-order valence-electron chi connectivity index (χ4n) is 1.69. The van der Waals surface area contributed by atoms with Gasteiger partial charge in [-0.15, -0.1) is 0 Å². The Morgan fingerprint density at radius 1 is 0.905 bits per heavy atom. The summed E-state index contributed by atoms with van der Waals surface area (Å²) in [7, 11) is 0. The van der Waals surface area contributed by atoms with Crippen LogP contribution in [-0.2, 0) is 0 Å².